The highest BCUT2D eigenvalue weighted by Crippen LogP contribution is 2.23. The number of hydrogen-bond donors (Lipinski definition) is 2. The zero-order valence-electron chi connectivity index (χ0n) is 9.27. The number of pyridine rings is 1. The van der Waals surface area contributed by atoms with Crippen molar-refractivity contribution in [3.63, 3.8) is 0 Å². The van der Waals surface area contributed by atoms with E-state index in [2.05, 4.69) is 17.1 Å². The van der Waals surface area contributed by atoms with Gasteiger partial charge in [0.1, 0.15) is 5.82 Å². The maximum Gasteiger partial charge on any atom is 0.123 e. The van der Waals surface area contributed by atoms with Crippen molar-refractivity contribution < 1.29 is 0 Å². The molecule has 0 spiro atoms. The molecule has 0 atom stereocenters. The molecule has 0 saturated heterocycles. The number of nitrogens with zero attached hydrogens (tertiary/aromatic N) is 1. The lowest BCUT2D eigenvalue weighted by atomic mass is 10.0. The van der Waals surface area contributed by atoms with Crippen LogP contribution in [0.25, 0.3) is 11.1 Å². The van der Waals surface area contributed by atoms with E-state index < -0.39 is 0 Å². The third-order valence-electron chi connectivity index (χ3n) is 2.63. The molecule has 0 aliphatic rings. The molecular formula is C13H15N3. The van der Waals surface area contributed by atoms with Crippen LogP contribution in [0.15, 0.2) is 36.5 Å². The van der Waals surface area contributed by atoms with E-state index in [9.17, 15) is 0 Å². The molecule has 0 fully saturated rings. The van der Waals surface area contributed by atoms with Crippen molar-refractivity contribution in [1.29, 1.82) is 0 Å². The van der Waals surface area contributed by atoms with E-state index in [0.29, 0.717) is 12.4 Å². The summed E-state index contributed by atoms with van der Waals surface area (Å²) < 4.78 is 0. The van der Waals surface area contributed by atoms with Gasteiger partial charge >= 0.3 is 0 Å². The zero-order valence-corrected chi connectivity index (χ0v) is 9.27. The molecule has 2 rings (SSSR count). The van der Waals surface area contributed by atoms with E-state index in [0.717, 1.165) is 22.3 Å². The Morgan fingerprint density at radius 2 is 1.88 bits per heavy atom. The summed E-state index contributed by atoms with van der Waals surface area (Å²) >= 11 is 0. The number of nitrogens with two attached hydrogens (primary N) is 2. The molecule has 0 bridgehead atoms. The average Bonchev–Trinajstić information content (AvgIpc) is 2.29. The van der Waals surface area contributed by atoms with Crippen LogP contribution in [-0.2, 0) is 6.54 Å². The normalized spacial score (nSPS) is 10.4. The minimum Gasteiger partial charge on any atom is -0.384 e. The summed E-state index contributed by atoms with van der Waals surface area (Å²) in [5.41, 5.74) is 15.7. The molecule has 0 amide bonds. The molecule has 0 aliphatic carbocycles. The van der Waals surface area contributed by atoms with Gasteiger partial charge < -0.3 is 11.5 Å². The lowest BCUT2D eigenvalue weighted by molar-refractivity contribution is 1.07. The van der Waals surface area contributed by atoms with Crippen molar-refractivity contribution in [3.05, 3.63) is 47.7 Å². The highest BCUT2D eigenvalue weighted by Gasteiger charge is 2.02. The molecular weight excluding hydrogens is 198 g/mol. The van der Waals surface area contributed by atoms with Gasteiger partial charge in [-0.1, -0.05) is 24.3 Å². The highest BCUT2D eigenvalue weighted by atomic mass is 14.8. The molecule has 82 valence electrons. The molecule has 2 aromatic rings. The van der Waals surface area contributed by atoms with Gasteiger partial charge in [0.25, 0.3) is 0 Å². The third kappa shape index (κ3) is 2.04. The number of rotatable bonds is 2. The van der Waals surface area contributed by atoms with Gasteiger partial charge in [0.2, 0.25) is 0 Å². The standard InChI is InChI=1S/C13H15N3/c1-9-6-13(15)16-8-12(9)11-4-2-10(7-14)3-5-11/h2-6,8H,7,14H2,1H3,(H2,15,16). The second kappa shape index (κ2) is 4.33. The lowest BCUT2D eigenvalue weighted by Gasteiger charge is -2.07. The summed E-state index contributed by atoms with van der Waals surface area (Å²) in [6, 6.07) is 10.1. The van der Waals surface area contributed by atoms with Crippen LogP contribution < -0.4 is 11.5 Å². The smallest absolute Gasteiger partial charge is 0.123 e. The van der Waals surface area contributed by atoms with Crippen molar-refractivity contribution in [2.24, 2.45) is 5.73 Å². The van der Waals surface area contributed by atoms with Crippen molar-refractivity contribution in [2.75, 3.05) is 5.73 Å². The first-order valence-corrected chi connectivity index (χ1v) is 5.22. The molecule has 16 heavy (non-hydrogen) atoms. The van der Waals surface area contributed by atoms with Crippen LogP contribution in [0.3, 0.4) is 0 Å². The van der Waals surface area contributed by atoms with Gasteiger partial charge in [0, 0.05) is 18.3 Å². The Labute approximate surface area is 95.1 Å². The van der Waals surface area contributed by atoms with Crippen LogP contribution in [0, 0.1) is 6.92 Å². The topological polar surface area (TPSA) is 64.9 Å². The predicted octanol–water partition coefficient (Wildman–Crippen LogP) is 2.10. The van der Waals surface area contributed by atoms with Gasteiger partial charge in [0.15, 0.2) is 0 Å². The average molecular weight is 213 g/mol. The van der Waals surface area contributed by atoms with Gasteiger partial charge in [-0.15, -0.1) is 0 Å². The zero-order chi connectivity index (χ0) is 11.5. The molecule has 0 saturated carbocycles. The number of benzene rings is 1. The van der Waals surface area contributed by atoms with Crippen molar-refractivity contribution in [3.8, 4) is 11.1 Å². The van der Waals surface area contributed by atoms with E-state index in [-0.39, 0.29) is 0 Å². The van der Waals surface area contributed by atoms with E-state index in [1.807, 2.05) is 31.3 Å². The van der Waals surface area contributed by atoms with E-state index in [1.165, 1.54) is 0 Å². The molecule has 4 N–H and O–H groups in total. The second-order valence-electron chi connectivity index (χ2n) is 3.83. The number of aryl methyl sites for hydroxylation is 1. The Balaban J connectivity index is 2.42. The van der Waals surface area contributed by atoms with Crippen LogP contribution in [0.5, 0.6) is 0 Å². The monoisotopic (exact) mass is 213 g/mol. The van der Waals surface area contributed by atoms with Crippen molar-refractivity contribution >= 4 is 5.82 Å². The SMILES string of the molecule is Cc1cc(N)ncc1-c1ccc(CN)cc1. The van der Waals surface area contributed by atoms with Crippen LogP contribution in [0.2, 0.25) is 0 Å². The molecule has 0 radical (unpaired) electrons. The molecule has 1 aromatic heterocycles. The van der Waals surface area contributed by atoms with Crippen LogP contribution in [0.1, 0.15) is 11.1 Å². The Morgan fingerprint density at radius 1 is 1.19 bits per heavy atom. The van der Waals surface area contributed by atoms with E-state index in [4.69, 9.17) is 11.5 Å². The Morgan fingerprint density at radius 3 is 2.44 bits per heavy atom. The maximum absolute atomic E-state index is 5.62. The second-order valence-corrected chi connectivity index (χ2v) is 3.83. The number of aromatic nitrogens is 1. The summed E-state index contributed by atoms with van der Waals surface area (Å²) in [6.45, 7) is 2.60. The Hall–Kier alpha value is -1.87. The van der Waals surface area contributed by atoms with Gasteiger partial charge in [-0.05, 0) is 29.7 Å². The fourth-order valence-electron chi connectivity index (χ4n) is 1.70. The maximum atomic E-state index is 5.62. The van der Waals surface area contributed by atoms with Gasteiger partial charge in [-0.3, -0.25) is 0 Å². The lowest BCUT2D eigenvalue weighted by Crippen LogP contribution is -1.96. The minimum absolute atomic E-state index is 0.555. The molecule has 3 heteroatoms. The molecule has 0 aliphatic heterocycles. The van der Waals surface area contributed by atoms with Gasteiger partial charge in [-0.25, -0.2) is 4.98 Å². The first-order valence-electron chi connectivity index (χ1n) is 5.22. The largest absolute Gasteiger partial charge is 0.384 e. The Bertz CT molecular complexity index is 489. The van der Waals surface area contributed by atoms with E-state index >= 15 is 0 Å². The number of anilines is 1. The molecule has 1 aromatic carbocycles. The summed E-state index contributed by atoms with van der Waals surface area (Å²) in [5, 5.41) is 0. The van der Waals surface area contributed by atoms with Gasteiger partial charge in [0.05, 0.1) is 0 Å². The first-order chi connectivity index (χ1) is 7.70. The van der Waals surface area contributed by atoms with Crippen molar-refractivity contribution in [2.45, 2.75) is 13.5 Å². The fourth-order valence-corrected chi connectivity index (χ4v) is 1.70. The van der Waals surface area contributed by atoms with Gasteiger partial charge in [-0.2, -0.15) is 0 Å². The highest BCUT2D eigenvalue weighted by molar-refractivity contribution is 5.67. The summed E-state index contributed by atoms with van der Waals surface area (Å²) in [5.74, 6) is 0.555. The van der Waals surface area contributed by atoms with Crippen LogP contribution in [0.4, 0.5) is 5.82 Å². The van der Waals surface area contributed by atoms with Crippen molar-refractivity contribution in [1.82, 2.24) is 4.98 Å². The van der Waals surface area contributed by atoms with Crippen LogP contribution in [-0.4, -0.2) is 4.98 Å². The Kier molecular flexibility index (Phi) is 2.88. The molecule has 3 nitrogen and oxygen atoms in total. The quantitative estimate of drug-likeness (QED) is 0.802. The summed E-state index contributed by atoms with van der Waals surface area (Å²) in [6.07, 6.45) is 1.81. The first kappa shape index (κ1) is 10.6. The fraction of sp³-hybridized carbons (Fsp3) is 0.154. The summed E-state index contributed by atoms with van der Waals surface area (Å²) in [4.78, 5) is 4.11. The predicted molar refractivity (Wildman–Crippen MR) is 66.7 cm³/mol. The minimum atomic E-state index is 0.555. The molecule has 1 heterocycles. The third-order valence-corrected chi connectivity index (χ3v) is 2.63. The molecule has 0 unspecified atom stereocenters. The number of nitrogen functional groups attached to an aromatic ring is 1. The summed E-state index contributed by atoms with van der Waals surface area (Å²) in [7, 11) is 0. The van der Waals surface area contributed by atoms with E-state index in [1.54, 1.807) is 0 Å². The van der Waals surface area contributed by atoms with Crippen LogP contribution >= 0.6 is 0 Å². The number of hydrogen-bond acceptors (Lipinski definition) is 3.